The Morgan fingerprint density at radius 2 is 1.59 bits per heavy atom. The van der Waals surface area contributed by atoms with Gasteiger partial charge in [-0.2, -0.15) is 0 Å². The highest BCUT2D eigenvalue weighted by molar-refractivity contribution is 6.10. The predicted molar refractivity (Wildman–Crippen MR) is 141 cm³/mol. The maximum Gasteiger partial charge on any atom is 0.349 e. The minimum atomic E-state index is -0.595. The normalized spacial score (nSPS) is 11.4. The topological polar surface area (TPSA) is 93.4 Å². The first kappa shape index (κ1) is 25.9. The predicted octanol–water partition coefficient (Wildman–Crippen LogP) is 5.56. The van der Waals surface area contributed by atoms with Crippen LogP contribution in [0.15, 0.2) is 51.7 Å². The summed E-state index contributed by atoms with van der Waals surface area (Å²) in [6.07, 6.45) is 0. The lowest BCUT2D eigenvalue weighted by atomic mass is 9.85. The molecule has 194 valence electrons. The zero-order chi connectivity index (χ0) is 26.9. The molecule has 0 amide bonds. The molecule has 0 aliphatic heterocycles. The van der Waals surface area contributed by atoms with E-state index in [0.717, 1.165) is 11.1 Å². The fraction of sp³-hybridized carbons (Fsp3) is 0.310. The van der Waals surface area contributed by atoms with Crippen LogP contribution in [-0.4, -0.2) is 33.9 Å². The van der Waals surface area contributed by atoms with Gasteiger partial charge in [0.05, 0.1) is 26.7 Å². The lowest BCUT2D eigenvalue weighted by molar-refractivity contribution is -0.136. The van der Waals surface area contributed by atoms with E-state index in [1.165, 1.54) is 27.4 Å². The van der Waals surface area contributed by atoms with Crippen LogP contribution in [0.4, 0.5) is 0 Å². The van der Waals surface area contributed by atoms with Crippen LogP contribution in [0.2, 0.25) is 0 Å². The second-order valence-electron chi connectivity index (χ2n) is 9.63. The first-order chi connectivity index (χ1) is 17.6. The van der Waals surface area contributed by atoms with Crippen molar-refractivity contribution in [3.05, 3.63) is 64.0 Å². The summed E-state index contributed by atoms with van der Waals surface area (Å²) >= 11 is 0. The lowest BCUT2D eigenvalue weighted by Crippen LogP contribution is -2.20. The van der Waals surface area contributed by atoms with Gasteiger partial charge >= 0.3 is 11.6 Å². The van der Waals surface area contributed by atoms with Gasteiger partial charge in [0, 0.05) is 16.8 Å². The van der Waals surface area contributed by atoms with E-state index in [-0.39, 0.29) is 28.7 Å². The third kappa shape index (κ3) is 5.05. The second-order valence-corrected chi connectivity index (χ2v) is 9.63. The number of esters is 1. The highest BCUT2D eigenvalue weighted by Gasteiger charge is 2.22. The summed E-state index contributed by atoms with van der Waals surface area (Å²) in [6.45, 7) is 7.98. The number of rotatable bonds is 7. The van der Waals surface area contributed by atoms with Crippen LogP contribution in [-0.2, 0) is 10.2 Å². The van der Waals surface area contributed by atoms with Crippen molar-refractivity contribution < 1.29 is 32.9 Å². The van der Waals surface area contributed by atoms with E-state index in [1.54, 1.807) is 18.2 Å². The van der Waals surface area contributed by atoms with E-state index in [1.807, 2.05) is 19.1 Å². The Morgan fingerprint density at radius 1 is 0.865 bits per heavy atom. The molecular formula is C29H30O8. The highest BCUT2D eigenvalue weighted by atomic mass is 16.6. The number of ether oxygens (including phenoxy) is 5. The van der Waals surface area contributed by atoms with E-state index in [4.69, 9.17) is 28.1 Å². The van der Waals surface area contributed by atoms with E-state index in [0.29, 0.717) is 33.8 Å². The third-order valence-electron chi connectivity index (χ3n) is 6.00. The van der Waals surface area contributed by atoms with Crippen LogP contribution in [0.5, 0.6) is 28.7 Å². The standard InChI is InChI=1S/C29H30O8/c1-16-8-11-21(20(12-16)29(2,3)4)35-15-24(30)36-17-9-10-18-22(13-17)37-28(31)19-14-23(32-5)26(33-6)27(34-7)25(18)19/h8-14H,15H2,1-7H3. The Kier molecular flexibility index (Phi) is 7.03. The Balaban J connectivity index is 1.64. The molecule has 1 aromatic heterocycles. The van der Waals surface area contributed by atoms with Crippen LogP contribution in [0.25, 0.3) is 21.7 Å². The number of carbonyl (C=O) groups excluding carboxylic acids is 1. The molecule has 0 saturated carbocycles. The summed E-state index contributed by atoms with van der Waals surface area (Å²) < 4.78 is 33.2. The number of methoxy groups -OCH3 is 3. The number of aryl methyl sites for hydroxylation is 1. The minimum absolute atomic E-state index is 0.155. The van der Waals surface area contributed by atoms with Crippen LogP contribution in [0, 0.1) is 6.92 Å². The van der Waals surface area contributed by atoms with Crippen molar-refractivity contribution in [3.63, 3.8) is 0 Å². The van der Waals surface area contributed by atoms with E-state index >= 15 is 0 Å². The van der Waals surface area contributed by atoms with Gasteiger partial charge in [-0.25, -0.2) is 9.59 Å². The average Bonchev–Trinajstić information content (AvgIpc) is 2.86. The Hall–Kier alpha value is -4.20. The van der Waals surface area contributed by atoms with Crippen molar-refractivity contribution in [2.24, 2.45) is 0 Å². The molecule has 0 spiro atoms. The maximum atomic E-state index is 12.8. The van der Waals surface area contributed by atoms with Gasteiger partial charge in [-0.3, -0.25) is 0 Å². The molecule has 4 aromatic rings. The molecule has 0 radical (unpaired) electrons. The van der Waals surface area contributed by atoms with Crippen molar-refractivity contribution in [3.8, 4) is 28.7 Å². The highest BCUT2D eigenvalue weighted by Crippen LogP contribution is 2.45. The SMILES string of the molecule is COc1cc2c(=O)oc3cc(OC(=O)COc4ccc(C)cc4C(C)(C)C)ccc3c2c(OC)c1OC. The molecule has 0 aliphatic rings. The molecule has 0 N–H and O–H groups in total. The summed E-state index contributed by atoms with van der Waals surface area (Å²) in [4.78, 5) is 25.4. The Bertz CT molecular complexity index is 1540. The van der Waals surface area contributed by atoms with Crippen molar-refractivity contribution in [2.75, 3.05) is 27.9 Å². The quantitative estimate of drug-likeness (QED) is 0.139. The zero-order valence-corrected chi connectivity index (χ0v) is 22.0. The smallest absolute Gasteiger partial charge is 0.349 e. The third-order valence-corrected chi connectivity index (χ3v) is 6.00. The van der Waals surface area contributed by atoms with Gasteiger partial charge in [-0.1, -0.05) is 38.5 Å². The maximum absolute atomic E-state index is 12.8. The summed E-state index contributed by atoms with van der Waals surface area (Å²) in [5.41, 5.74) is 1.58. The summed E-state index contributed by atoms with van der Waals surface area (Å²) in [5.74, 6) is 1.27. The van der Waals surface area contributed by atoms with Crippen molar-refractivity contribution in [1.29, 1.82) is 0 Å². The van der Waals surface area contributed by atoms with Gasteiger partial charge < -0.3 is 28.1 Å². The first-order valence-electron chi connectivity index (χ1n) is 11.7. The van der Waals surface area contributed by atoms with Gasteiger partial charge in [0.2, 0.25) is 5.75 Å². The minimum Gasteiger partial charge on any atom is -0.493 e. The molecule has 1 heterocycles. The van der Waals surface area contributed by atoms with Gasteiger partial charge in [0.15, 0.2) is 18.1 Å². The number of fused-ring (bicyclic) bond motifs is 3. The summed E-state index contributed by atoms with van der Waals surface area (Å²) in [7, 11) is 4.44. The Labute approximate surface area is 214 Å². The second kappa shape index (κ2) is 10.0. The molecule has 0 saturated heterocycles. The lowest BCUT2D eigenvalue weighted by Gasteiger charge is -2.23. The van der Waals surface area contributed by atoms with E-state index < -0.39 is 11.6 Å². The van der Waals surface area contributed by atoms with Gasteiger partial charge in [0.1, 0.15) is 17.1 Å². The number of benzene rings is 3. The fourth-order valence-corrected chi connectivity index (χ4v) is 4.25. The van der Waals surface area contributed by atoms with Gasteiger partial charge in [-0.15, -0.1) is 0 Å². The van der Waals surface area contributed by atoms with Crippen molar-refractivity contribution in [2.45, 2.75) is 33.1 Å². The average molecular weight is 507 g/mol. The number of carbonyl (C=O) groups is 1. The molecule has 4 rings (SSSR count). The van der Waals surface area contributed by atoms with Crippen LogP contribution in [0.3, 0.4) is 0 Å². The molecule has 0 fully saturated rings. The largest absolute Gasteiger partial charge is 0.493 e. The molecule has 0 bridgehead atoms. The first-order valence-corrected chi connectivity index (χ1v) is 11.7. The van der Waals surface area contributed by atoms with Crippen molar-refractivity contribution in [1.82, 2.24) is 0 Å². The monoisotopic (exact) mass is 506 g/mol. The molecule has 37 heavy (non-hydrogen) atoms. The van der Waals surface area contributed by atoms with Crippen LogP contribution in [0.1, 0.15) is 31.9 Å². The zero-order valence-electron chi connectivity index (χ0n) is 22.0. The van der Waals surface area contributed by atoms with Gasteiger partial charge in [-0.05, 0) is 42.2 Å². The number of hydrogen-bond acceptors (Lipinski definition) is 8. The summed E-state index contributed by atoms with van der Waals surface area (Å²) in [5, 5.41) is 1.35. The van der Waals surface area contributed by atoms with E-state index in [2.05, 4.69) is 26.8 Å². The molecule has 0 atom stereocenters. The molecule has 3 aromatic carbocycles. The summed E-state index contributed by atoms with van der Waals surface area (Å²) in [6, 6.07) is 12.2. The van der Waals surface area contributed by atoms with Crippen molar-refractivity contribution >= 4 is 27.7 Å². The van der Waals surface area contributed by atoms with Gasteiger partial charge in [0.25, 0.3) is 0 Å². The van der Waals surface area contributed by atoms with E-state index in [9.17, 15) is 9.59 Å². The molecule has 8 heteroatoms. The Morgan fingerprint density at radius 3 is 2.24 bits per heavy atom. The molecule has 8 nitrogen and oxygen atoms in total. The fourth-order valence-electron chi connectivity index (χ4n) is 4.25. The molecule has 0 unspecified atom stereocenters. The van der Waals surface area contributed by atoms with Crippen LogP contribution >= 0.6 is 0 Å². The number of hydrogen-bond donors (Lipinski definition) is 0. The molecular weight excluding hydrogens is 476 g/mol. The molecule has 0 aliphatic carbocycles. The van der Waals surface area contributed by atoms with Crippen LogP contribution < -0.4 is 29.3 Å².